The van der Waals surface area contributed by atoms with Crippen molar-refractivity contribution in [2.75, 3.05) is 5.32 Å². The number of carbonyl (C=O) groups is 1. The van der Waals surface area contributed by atoms with Gasteiger partial charge in [0, 0.05) is 5.56 Å². The van der Waals surface area contributed by atoms with Crippen LogP contribution in [0.1, 0.15) is 21.6 Å². The normalized spacial score (nSPS) is 11.5. The standard InChI is InChI=1S/C20H14ClF3N6O/c1-11-6-8-12(9-7-11)30-16(20(22,23)24)14(10-25-30)18(31)27-19-26-17(28-29-19)13-4-2-3-5-15(13)21/h2-10H,1H3,(H2,26,27,28,29,31). The van der Waals surface area contributed by atoms with Crippen molar-refractivity contribution < 1.29 is 18.0 Å². The Morgan fingerprint density at radius 2 is 1.84 bits per heavy atom. The molecule has 2 aromatic carbocycles. The predicted molar refractivity (Wildman–Crippen MR) is 108 cm³/mol. The number of aryl methyl sites for hydroxylation is 1. The summed E-state index contributed by atoms with van der Waals surface area (Å²) < 4.78 is 42.0. The highest BCUT2D eigenvalue weighted by Crippen LogP contribution is 2.34. The number of aromatic nitrogens is 5. The molecule has 2 N–H and O–H groups in total. The summed E-state index contributed by atoms with van der Waals surface area (Å²) in [5, 5.41) is 12.9. The van der Waals surface area contributed by atoms with Gasteiger partial charge in [0.15, 0.2) is 11.5 Å². The number of rotatable bonds is 4. The third kappa shape index (κ3) is 4.15. The van der Waals surface area contributed by atoms with Crippen molar-refractivity contribution >= 4 is 23.5 Å². The van der Waals surface area contributed by atoms with E-state index in [1.807, 2.05) is 6.92 Å². The largest absolute Gasteiger partial charge is 0.434 e. The fourth-order valence-electron chi connectivity index (χ4n) is 2.93. The van der Waals surface area contributed by atoms with Crippen LogP contribution in [0.5, 0.6) is 0 Å². The number of alkyl halides is 3. The van der Waals surface area contributed by atoms with Crippen LogP contribution in [0.4, 0.5) is 19.1 Å². The molecule has 2 heterocycles. The molecule has 11 heteroatoms. The van der Waals surface area contributed by atoms with Crippen LogP contribution in [0.3, 0.4) is 0 Å². The first kappa shape index (κ1) is 20.6. The minimum atomic E-state index is -4.82. The fourth-order valence-corrected chi connectivity index (χ4v) is 3.15. The zero-order valence-electron chi connectivity index (χ0n) is 15.9. The first-order valence-corrected chi connectivity index (χ1v) is 9.33. The van der Waals surface area contributed by atoms with Crippen LogP contribution in [-0.2, 0) is 6.18 Å². The molecule has 0 radical (unpaired) electrons. The number of aromatic amines is 1. The number of anilines is 1. The Bertz CT molecular complexity index is 1250. The van der Waals surface area contributed by atoms with Gasteiger partial charge in [-0.3, -0.25) is 15.2 Å². The Morgan fingerprint density at radius 3 is 2.52 bits per heavy atom. The Hall–Kier alpha value is -3.66. The molecule has 2 aromatic heterocycles. The molecule has 0 bridgehead atoms. The molecule has 7 nitrogen and oxygen atoms in total. The maximum Gasteiger partial charge on any atom is 0.434 e. The summed E-state index contributed by atoms with van der Waals surface area (Å²) in [6.07, 6.45) is -3.96. The van der Waals surface area contributed by atoms with Gasteiger partial charge in [-0.15, -0.1) is 5.10 Å². The van der Waals surface area contributed by atoms with E-state index in [1.165, 1.54) is 12.1 Å². The molecule has 31 heavy (non-hydrogen) atoms. The summed E-state index contributed by atoms with van der Waals surface area (Å²) in [4.78, 5) is 16.7. The molecule has 0 saturated carbocycles. The lowest BCUT2D eigenvalue weighted by Crippen LogP contribution is -2.21. The first-order valence-electron chi connectivity index (χ1n) is 8.95. The summed E-state index contributed by atoms with van der Waals surface area (Å²) in [7, 11) is 0. The smallest absolute Gasteiger partial charge is 0.289 e. The molecule has 0 saturated heterocycles. The molecule has 4 rings (SSSR count). The summed E-state index contributed by atoms with van der Waals surface area (Å²) >= 11 is 6.10. The lowest BCUT2D eigenvalue weighted by molar-refractivity contribution is -0.143. The molecule has 158 valence electrons. The number of benzene rings is 2. The van der Waals surface area contributed by atoms with E-state index in [9.17, 15) is 18.0 Å². The van der Waals surface area contributed by atoms with Crippen molar-refractivity contribution in [3.63, 3.8) is 0 Å². The molecule has 0 aliphatic rings. The van der Waals surface area contributed by atoms with Crippen LogP contribution in [-0.4, -0.2) is 30.9 Å². The van der Waals surface area contributed by atoms with Crippen LogP contribution in [0, 0.1) is 6.92 Å². The van der Waals surface area contributed by atoms with Crippen molar-refractivity contribution in [2.24, 2.45) is 0 Å². The average molecular weight is 447 g/mol. The molecule has 0 aliphatic carbocycles. The highest BCUT2D eigenvalue weighted by molar-refractivity contribution is 6.33. The molecular weight excluding hydrogens is 433 g/mol. The van der Waals surface area contributed by atoms with Crippen molar-refractivity contribution in [3.8, 4) is 17.1 Å². The van der Waals surface area contributed by atoms with Crippen LogP contribution >= 0.6 is 11.6 Å². The van der Waals surface area contributed by atoms with Gasteiger partial charge in [-0.1, -0.05) is 41.4 Å². The van der Waals surface area contributed by atoms with Crippen molar-refractivity contribution in [1.29, 1.82) is 0 Å². The van der Waals surface area contributed by atoms with E-state index >= 15 is 0 Å². The van der Waals surface area contributed by atoms with Gasteiger partial charge in [-0.2, -0.15) is 23.3 Å². The minimum absolute atomic E-state index is 0.177. The maximum absolute atomic E-state index is 13.8. The molecule has 0 atom stereocenters. The van der Waals surface area contributed by atoms with Crippen molar-refractivity contribution in [3.05, 3.63) is 76.6 Å². The Balaban J connectivity index is 1.65. The summed E-state index contributed by atoms with van der Waals surface area (Å²) in [5.74, 6) is -0.987. The predicted octanol–water partition coefficient (Wildman–Crippen LogP) is 4.89. The molecule has 0 fully saturated rings. The van der Waals surface area contributed by atoms with Gasteiger partial charge >= 0.3 is 6.18 Å². The second-order valence-electron chi connectivity index (χ2n) is 6.59. The van der Waals surface area contributed by atoms with E-state index in [2.05, 4.69) is 25.6 Å². The Morgan fingerprint density at radius 1 is 1.13 bits per heavy atom. The van der Waals surface area contributed by atoms with Gasteiger partial charge in [-0.25, -0.2) is 4.68 Å². The fraction of sp³-hybridized carbons (Fsp3) is 0.100. The third-order valence-corrected chi connectivity index (χ3v) is 4.73. The Kier molecular flexibility index (Phi) is 5.24. The van der Waals surface area contributed by atoms with Crippen LogP contribution in [0.15, 0.2) is 54.7 Å². The van der Waals surface area contributed by atoms with E-state index in [0.29, 0.717) is 15.3 Å². The van der Waals surface area contributed by atoms with E-state index in [1.54, 1.807) is 36.4 Å². The van der Waals surface area contributed by atoms with E-state index < -0.39 is 23.3 Å². The number of H-pyrrole nitrogens is 1. The molecule has 0 unspecified atom stereocenters. The number of halogens is 4. The second kappa shape index (κ2) is 7.88. The van der Waals surface area contributed by atoms with E-state index in [0.717, 1.165) is 11.8 Å². The zero-order valence-corrected chi connectivity index (χ0v) is 16.7. The van der Waals surface area contributed by atoms with Crippen LogP contribution < -0.4 is 5.32 Å². The van der Waals surface area contributed by atoms with Gasteiger partial charge in [-0.05, 0) is 31.2 Å². The maximum atomic E-state index is 13.8. The van der Waals surface area contributed by atoms with Gasteiger partial charge in [0.05, 0.1) is 22.5 Å². The monoisotopic (exact) mass is 446 g/mol. The van der Waals surface area contributed by atoms with E-state index in [4.69, 9.17) is 11.6 Å². The van der Waals surface area contributed by atoms with E-state index in [-0.39, 0.29) is 17.5 Å². The number of amides is 1. The lowest BCUT2D eigenvalue weighted by Gasteiger charge is -2.12. The van der Waals surface area contributed by atoms with Gasteiger partial charge in [0.1, 0.15) is 0 Å². The second-order valence-corrected chi connectivity index (χ2v) is 7.00. The number of nitrogens with zero attached hydrogens (tertiary/aromatic N) is 4. The third-order valence-electron chi connectivity index (χ3n) is 4.40. The highest BCUT2D eigenvalue weighted by atomic mass is 35.5. The van der Waals surface area contributed by atoms with Crippen molar-refractivity contribution in [2.45, 2.75) is 13.1 Å². The van der Waals surface area contributed by atoms with Crippen LogP contribution in [0.25, 0.3) is 17.1 Å². The first-order chi connectivity index (χ1) is 14.7. The minimum Gasteiger partial charge on any atom is -0.289 e. The van der Waals surface area contributed by atoms with Crippen molar-refractivity contribution in [1.82, 2.24) is 25.0 Å². The zero-order chi connectivity index (χ0) is 22.2. The quantitative estimate of drug-likeness (QED) is 0.467. The summed E-state index contributed by atoms with van der Waals surface area (Å²) in [6, 6.07) is 13.1. The SMILES string of the molecule is Cc1ccc(-n2ncc(C(=O)Nc3n[nH]c(-c4ccccc4Cl)n3)c2C(F)(F)F)cc1. The number of hydrogen-bond donors (Lipinski definition) is 2. The highest BCUT2D eigenvalue weighted by Gasteiger charge is 2.40. The Labute approximate surface area is 178 Å². The number of hydrogen-bond acceptors (Lipinski definition) is 4. The van der Waals surface area contributed by atoms with Gasteiger partial charge in [0.2, 0.25) is 5.95 Å². The van der Waals surface area contributed by atoms with Crippen LogP contribution in [0.2, 0.25) is 5.02 Å². The molecule has 0 aliphatic heterocycles. The molecule has 0 spiro atoms. The van der Waals surface area contributed by atoms with Gasteiger partial charge < -0.3 is 0 Å². The molecule has 4 aromatic rings. The lowest BCUT2D eigenvalue weighted by atomic mass is 10.2. The summed E-state index contributed by atoms with van der Waals surface area (Å²) in [6.45, 7) is 1.81. The molecular formula is C20H14ClF3N6O. The van der Waals surface area contributed by atoms with Gasteiger partial charge in [0.25, 0.3) is 5.91 Å². The molecule has 1 amide bonds. The topological polar surface area (TPSA) is 88.5 Å². The number of nitrogens with one attached hydrogen (secondary N) is 2. The summed E-state index contributed by atoms with van der Waals surface area (Å²) in [5.41, 5.74) is -0.273. The number of carbonyl (C=O) groups excluding carboxylic acids is 1. The average Bonchev–Trinajstić information content (AvgIpc) is 3.36.